The molecule has 4 aromatic carbocycles. The summed E-state index contributed by atoms with van der Waals surface area (Å²) in [7, 11) is 0. The molecule has 0 aliphatic heterocycles. The Morgan fingerprint density at radius 2 is 1.30 bits per heavy atom. The molecule has 0 radical (unpaired) electrons. The fourth-order valence-electron chi connectivity index (χ4n) is 3.45. The topological polar surface area (TPSA) is 4.93 Å². The molecule has 1 heterocycles. The molecular formula is C22H15N. The first-order chi connectivity index (χ1) is 11.4. The average Bonchev–Trinajstić information content (AvgIpc) is 3.03. The van der Waals surface area contributed by atoms with Crippen molar-refractivity contribution in [3.8, 4) is 5.69 Å². The highest BCUT2D eigenvalue weighted by Gasteiger charge is 2.07. The Kier molecular flexibility index (Phi) is 2.56. The fourth-order valence-corrected chi connectivity index (χ4v) is 3.45. The van der Waals surface area contributed by atoms with Crippen molar-refractivity contribution in [3.63, 3.8) is 0 Å². The Labute approximate surface area is 134 Å². The maximum Gasteiger partial charge on any atom is 0.0534 e. The minimum atomic E-state index is 1.20. The van der Waals surface area contributed by atoms with E-state index in [2.05, 4.69) is 95.7 Å². The molecule has 0 atom stereocenters. The zero-order chi connectivity index (χ0) is 15.2. The van der Waals surface area contributed by atoms with Crippen molar-refractivity contribution in [2.24, 2.45) is 0 Å². The van der Waals surface area contributed by atoms with Gasteiger partial charge in [0, 0.05) is 17.3 Å². The monoisotopic (exact) mass is 293 g/mol. The molecule has 0 spiro atoms. The van der Waals surface area contributed by atoms with Crippen molar-refractivity contribution >= 4 is 32.4 Å². The Bertz CT molecular complexity index is 1150. The molecule has 1 nitrogen and oxygen atoms in total. The lowest BCUT2D eigenvalue weighted by Crippen LogP contribution is -1.90. The van der Waals surface area contributed by atoms with Crippen molar-refractivity contribution in [2.45, 2.75) is 0 Å². The van der Waals surface area contributed by atoms with Crippen molar-refractivity contribution in [2.75, 3.05) is 0 Å². The summed E-state index contributed by atoms with van der Waals surface area (Å²) in [6, 6.07) is 30.3. The number of hydrogen-bond donors (Lipinski definition) is 0. The van der Waals surface area contributed by atoms with Crippen LogP contribution in [0.15, 0.2) is 91.1 Å². The Morgan fingerprint density at radius 1 is 0.522 bits per heavy atom. The van der Waals surface area contributed by atoms with Gasteiger partial charge in [-0.25, -0.2) is 0 Å². The molecule has 0 saturated carbocycles. The summed E-state index contributed by atoms with van der Waals surface area (Å²) in [4.78, 5) is 0. The van der Waals surface area contributed by atoms with Crippen LogP contribution in [0.3, 0.4) is 0 Å². The minimum absolute atomic E-state index is 1.20. The number of hydrogen-bond acceptors (Lipinski definition) is 0. The van der Waals surface area contributed by atoms with Gasteiger partial charge in [0.15, 0.2) is 0 Å². The van der Waals surface area contributed by atoms with Crippen LogP contribution in [0.2, 0.25) is 0 Å². The fraction of sp³-hybridized carbons (Fsp3) is 0. The second-order valence-electron chi connectivity index (χ2n) is 5.94. The van der Waals surface area contributed by atoms with Crippen molar-refractivity contribution < 1.29 is 0 Å². The quantitative estimate of drug-likeness (QED) is 0.337. The molecule has 0 unspecified atom stereocenters. The predicted molar refractivity (Wildman–Crippen MR) is 98.3 cm³/mol. The molecule has 0 aliphatic rings. The standard InChI is InChI=1S/C22H15N/c1-2-7-19(8-3-1)23-13-12-18-14-21-17(15-22(18)23)11-10-16-6-4-5-9-20(16)21/h1-15H. The zero-order valence-electron chi connectivity index (χ0n) is 12.6. The van der Waals surface area contributed by atoms with Crippen LogP contribution in [-0.4, -0.2) is 4.57 Å². The van der Waals surface area contributed by atoms with E-state index in [9.17, 15) is 0 Å². The number of aromatic nitrogens is 1. The van der Waals surface area contributed by atoms with Gasteiger partial charge in [0.2, 0.25) is 0 Å². The molecule has 1 aromatic heterocycles. The van der Waals surface area contributed by atoms with Gasteiger partial charge in [0.25, 0.3) is 0 Å². The minimum Gasteiger partial charge on any atom is -0.317 e. The first kappa shape index (κ1) is 12.5. The van der Waals surface area contributed by atoms with Gasteiger partial charge in [-0.3, -0.25) is 0 Å². The number of nitrogens with zero attached hydrogens (tertiary/aromatic N) is 1. The third kappa shape index (κ3) is 1.87. The van der Waals surface area contributed by atoms with Gasteiger partial charge in [-0.2, -0.15) is 0 Å². The van der Waals surface area contributed by atoms with Crippen LogP contribution in [-0.2, 0) is 0 Å². The van der Waals surface area contributed by atoms with E-state index in [-0.39, 0.29) is 0 Å². The van der Waals surface area contributed by atoms with Gasteiger partial charge in [-0.1, -0.05) is 54.6 Å². The second-order valence-corrected chi connectivity index (χ2v) is 5.94. The lowest BCUT2D eigenvalue weighted by molar-refractivity contribution is 1.13. The van der Waals surface area contributed by atoms with Gasteiger partial charge in [-0.05, 0) is 51.9 Å². The predicted octanol–water partition coefficient (Wildman–Crippen LogP) is 5.94. The highest BCUT2D eigenvalue weighted by atomic mass is 15.0. The summed E-state index contributed by atoms with van der Waals surface area (Å²) in [5.41, 5.74) is 2.45. The van der Waals surface area contributed by atoms with Crippen LogP contribution < -0.4 is 0 Å². The number of benzene rings is 4. The first-order valence-corrected chi connectivity index (χ1v) is 7.88. The highest BCUT2D eigenvalue weighted by Crippen LogP contribution is 2.31. The van der Waals surface area contributed by atoms with E-state index < -0.39 is 0 Å². The molecule has 0 amide bonds. The van der Waals surface area contributed by atoms with E-state index >= 15 is 0 Å². The first-order valence-electron chi connectivity index (χ1n) is 7.88. The second kappa shape index (κ2) is 4.72. The number of para-hydroxylation sites is 1. The Balaban J connectivity index is 1.87. The Morgan fingerprint density at radius 3 is 2.22 bits per heavy atom. The number of rotatable bonds is 1. The lowest BCUT2D eigenvalue weighted by Gasteiger charge is -2.08. The van der Waals surface area contributed by atoms with Gasteiger partial charge in [0.1, 0.15) is 0 Å². The van der Waals surface area contributed by atoms with E-state index in [0.717, 1.165) is 0 Å². The molecule has 5 rings (SSSR count). The molecule has 5 aromatic rings. The molecule has 0 saturated heterocycles. The zero-order valence-corrected chi connectivity index (χ0v) is 12.6. The van der Waals surface area contributed by atoms with E-state index in [1.807, 2.05) is 0 Å². The highest BCUT2D eigenvalue weighted by molar-refractivity contribution is 6.11. The summed E-state index contributed by atoms with van der Waals surface area (Å²) in [5.74, 6) is 0. The van der Waals surface area contributed by atoms with Crippen LogP contribution in [0.1, 0.15) is 0 Å². The van der Waals surface area contributed by atoms with Gasteiger partial charge >= 0.3 is 0 Å². The molecule has 0 aliphatic carbocycles. The summed E-state index contributed by atoms with van der Waals surface area (Å²) in [6.45, 7) is 0. The van der Waals surface area contributed by atoms with Crippen molar-refractivity contribution in [1.82, 2.24) is 4.57 Å². The summed E-state index contributed by atoms with van der Waals surface area (Å²) >= 11 is 0. The van der Waals surface area contributed by atoms with Crippen molar-refractivity contribution in [3.05, 3.63) is 91.1 Å². The van der Waals surface area contributed by atoms with Crippen LogP contribution >= 0.6 is 0 Å². The normalized spacial score (nSPS) is 11.5. The van der Waals surface area contributed by atoms with Crippen molar-refractivity contribution in [1.29, 1.82) is 0 Å². The molecular weight excluding hydrogens is 278 g/mol. The molecule has 0 N–H and O–H groups in total. The Hall–Kier alpha value is -3.06. The van der Waals surface area contributed by atoms with Gasteiger partial charge in [-0.15, -0.1) is 0 Å². The third-order valence-corrected chi connectivity index (χ3v) is 4.59. The molecule has 1 heteroatoms. The molecule has 0 bridgehead atoms. The molecule has 0 fully saturated rings. The smallest absolute Gasteiger partial charge is 0.0534 e. The summed E-state index contributed by atoms with van der Waals surface area (Å²) < 4.78 is 2.25. The number of fused-ring (bicyclic) bond motifs is 4. The average molecular weight is 293 g/mol. The van der Waals surface area contributed by atoms with Gasteiger partial charge < -0.3 is 4.57 Å². The van der Waals surface area contributed by atoms with E-state index in [0.29, 0.717) is 0 Å². The van der Waals surface area contributed by atoms with E-state index in [1.165, 1.54) is 38.1 Å². The van der Waals surface area contributed by atoms with Crippen LogP contribution in [0.5, 0.6) is 0 Å². The van der Waals surface area contributed by atoms with Gasteiger partial charge in [0.05, 0.1) is 5.52 Å². The molecule has 23 heavy (non-hydrogen) atoms. The summed E-state index contributed by atoms with van der Waals surface area (Å²) in [5, 5.41) is 6.49. The third-order valence-electron chi connectivity index (χ3n) is 4.59. The lowest BCUT2D eigenvalue weighted by atomic mass is 10.0. The van der Waals surface area contributed by atoms with E-state index in [1.54, 1.807) is 0 Å². The van der Waals surface area contributed by atoms with Crippen LogP contribution in [0.25, 0.3) is 38.1 Å². The SMILES string of the molecule is c1ccc(-n2ccc3cc4c(ccc5ccccc54)cc32)cc1. The maximum atomic E-state index is 2.31. The summed E-state index contributed by atoms with van der Waals surface area (Å²) in [6.07, 6.45) is 2.15. The van der Waals surface area contributed by atoms with E-state index in [4.69, 9.17) is 0 Å². The van der Waals surface area contributed by atoms with Crippen LogP contribution in [0, 0.1) is 0 Å². The van der Waals surface area contributed by atoms with Crippen LogP contribution in [0.4, 0.5) is 0 Å². The molecule has 108 valence electrons. The maximum absolute atomic E-state index is 2.31. The largest absolute Gasteiger partial charge is 0.317 e.